The van der Waals surface area contributed by atoms with Crippen molar-refractivity contribution in [3.8, 4) is 0 Å². The predicted molar refractivity (Wildman–Crippen MR) is 79.7 cm³/mol. The van der Waals surface area contributed by atoms with Crippen molar-refractivity contribution in [1.29, 1.82) is 0 Å². The third-order valence-corrected chi connectivity index (χ3v) is 4.81. The molecular formula is C16H25NO5. The van der Waals surface area contributed by atoms with Crippen LogP contribution >= 0.6 is 0 Å². The zero-order valence-corrected chi connectivity index (χ0v) is 13.9. The predicted octanol–water partition coefficient (Wildman–Crippen LogP) is 1.09. The van der Waals surface area contributed by atoms with Gasteiger partial charge in [-0.1, -0.05) is 26.8 Å². The average molecular weight is 311 g/mol. The summed E-state index contributed by atoms with van der Waals surface area (Å²) >= 11 is 0. The number of methoxy groups -OCH3 is 1. The summed E-state index contributed by atoms with van der Waals surface area (Å²) in [4.78, 5) is 26.8. The molecule has 0 unspecified atom stereocenters. The highest BCUT2D eigenvalue weighted by Crippen LogP contribution is 2.52. The van der Waals surface area contributed by atoms with Crippen molar-refractivity contribution in [3.05, 3.63) is 12.7 Å². The number of amides is 1. The average Bonchev–Trinajstić information content (AvgIpc) is 2.90. The Kier molecular flexibility index (Phi) is 3.90. The number of allylic oxidation sites excluding steroid dienone is 1. The van der Waals surface area contributed by atoms with Crippen molar-refractivity contribution in [2.45, 2.75) is 51.5 Å². The van der Waals surface area contributed by atoms with Crippen molar-refractivity contribution in [2.24, 2.45) is 11.3 Å². The number of nitrogens with zero attached hydrogens (tertiary/aromatic N) is 1. The third kappa shape index (κ3) is 1.93. The molecule has 2 fully saturated rings. The SMILES string of the molecule is C=CC[C@H]1C(=O)N2[C@H](C(C)(C)C)OC[C@]2(C(=O)OC)[C@]1(C)O. The molecule has 0 aromatic carbocycles. The number of rotatable bonds is 3. The lowest BCUT2D eigenvalue weighted by atomic mass is 9.75. The molecule has 4 atom stereocenters. The fraction of sp³-hybridized carbons (Fsp3) is 0.750. The highest BCUT2D eigenvalue weighted by atomic mass is 16.6. The molecule has 2 rings (SSSR count). The standard InChI is InChI=1S/C16H25NO5/c1-7-8-10-11(18)17-12(14(2,3)4)22-9-16(17,13(19)21-6)15(10,5)20/h7,10,12,20H,1,8-9H2,2-6H3/t10-,12-,15+,16-/m0/s1. The van der Waals surface area contributed by atoms with Gasteiger partial charge in [0.05, 0.1) is 19.6 Å². The summed E-state index contributed by atoms with van der Waals surface area (Å²) in [6, 6.07) is 0. The van der Waals surface area contributed by atoms with E-state index in [4.69, 9.17) is 9.47 Å². The zero-order chi connectivity index (χ0) is 16.9. The molecule has 0 aliphatic carbocycles. The van der Waals surface area contributed by atoms with Crippen molar-refractivity contribution in [1.82, 2.24) is 4.90 Å². The number of fused-ring (bicyclic) bond motifs is 1. The number of aliphatic hydroxyl groups is 1. The molecule has 124 valence electrons. The van der Waals surface area contributed by atoms with Crippen LogP contribution in [0.4, 0.5) is 0 Å². The minimum Gasteiger partial charge on any atom is -0.467 e. The van der Waals surface area contributed by atoms with Crippen molar-refractivity contribution >= 4 is 11.9 Å². The summed E-state index contributed by atoms with van der Waals surface area (Å²) in [6.45, 7) is 10.8. The lowest BCUT2D eigenvalue weighted by Gasteiger charge is -2.40. The van der Waals surface area contributed by atoms with E-state index in [0.717, 1.165) is 0 Å². The van der Waals surface area contributed by atoms with Crippen LogP contribution < -0.4 is 0 Å². The second-order valence-electron chi connectivity index (χ2n) is 7.31. The Morgan fingerprint density at radius 2 is 2.18 bits per heavy atom. The highest BCUT2D eigenvalue weighted by molar-refractivity contribution is 5.97. The number of hydrogen-bond donors (Lipinski definition) is 1. The van der Waals surface area contributed by atoms with Crippen LogP contribution in [0.3, 0.4) is 0 Å². The van der Waals surface area contributed by atoms with Crippen molar-refractivity contribution in [3.63, 3.8) is 0 Å². The van der Waals surface area contributed by atoms with Gasteiger partial charge in [-0.3, -0.25) is 9.69 Å². The number of carbonyl (C=O) groups is 2. The molecular weight excluding hydrogens is 286 g/mol. The second-order valence-corrected chi connectivity index (χ2v) is 7.31. The quantitative estimate of drug-likeness (QED) is 0.623. The molecule has 2 heterocycles. The van der Waals surface area contributed by atoms with Crippen LogP contribution in [0.1, 0.15) is 34.1 Å². The van der Waals surface area contributed by atoms with Crippen LogP contribution in [-0.4, -0.2) is 53.0 Å². The van der Waals surface area contributed by atoms with E-state index >= 15 is 0 Å². The maximum atomic E-state index is 12.9. The summed E-state index contributed by atoms with van der Waals surface area (Å²) < 4.78 is 10.7. The van der Waals surface area contributed by atoms with Gasteiger partial charge in [-0.25, -0.2) is 4.79 Å². The largest absolute Gasteiger partial charge is 0.467 e. The molecule has 0 bridgehead atoms. The van der Waals surface area contributed by atoms with E-state index in [1.165, 1.54) is 18.9 Å². The van der Waals surface area contributed by atoms with Gasteiger partial charge in [0.1, 0.15) is 11.8 Å². The third-order valence-electron chi connectivity index (χ3n) is 4.81. The summed E-state index contributed by atoms with van der Waals surface area (Å²) in [6.07, 6.45) is 1.27. The normalized spacial score (nSPS) is 38.1. The van der Waals surface area contributed by atoms with Crippen molar-refractivity contribution < 1.29 is 24.2 Å². The van der Waals surface area contributed by atoms with Crippen LogP contribution in [0.15, 0.2) is 12.7 Å². The van der Waals surface area contributed by atoms with Crippen LogP contribution in [0.25, 0.3) is 0 Å². The lowest BCUT2D eigenvalue weighted by molar-refractivity contribution is -0.167. The molecule has 1 amide bonds. The molecule has 2 saturated heterocycles. The zero-order valence-electron chi connectivity index (χ0n) is 13.9. The molecule has 0 spiro atoms. The van der Waals surface area contributed by atoms with E-state index in [9.17, 15) is 14.7 Å². The first-order chi connectivity index (χ1) is 10.1. The molecule has 0 saturated carbocycles. The van der Waals surface area contributed by atoms with Gasteiger partial charge in [0.15, 0.2) is 5.54 Å². The molecule has 1 N–H and O–H groups in total. The molecule has 6 heteroatoms. The monoisotopic (exact) mass is 311 g/mol. The van der Waals surface area contributed by atoms with Gasteiger partial charge < -0.3 is 14.6 Å². The van der Waals surface area contributed by atoms with Gasteiger partial charge in [-0.15, -0.1) is 6.58 Å². The summed E-state index contributed by atoms with van der Waals surface area (Å²) in [7, 11) is 1.25. The number of hydrogen-bond acceptors (Lipinski definition) is 5. The van der Waals surface area contributed by atoms with Crippen LogP contribution in [0.5, 0.6) is 0 Å². The molecule has 2 aliphatic rings. The topological polar surface area (TPSA) is 76.1 Å². The van der Waals surface area contributed by atoms with Gasteiger partial charge in [0, 0.05) is 5.41 Å². The van der Waals surface area contributed by atoms with Crippen molar-refractivity contribution in [2.75, 3.05) is 13.7 Å². The number of ether oxygens (including phenoxy) is 2. The number of esters is 1. The van der Waals surface area contributed by atoms with Gasteiger partial charge in [-0.2, -0.15) is 0 Å². The fourth-order valence-corrected chi connectivity index (χ4v) is 3.60. The van der Waals surface area contributed by atoms with Gasteiger partial charge >= 0.3 is 5.97 Å². The smallest absolute Gasteiger partial charge is 0.337 e. The first-order valence-corrected chi connectivity index (χ1v) is 7.42. The Morgan fingerprint density at radius 3 is 2.64 bits per heavy atom. The first kappa shape index (κ1) is 17.0. The van der Waals surface area contributed by atoms with Gasteiger partial charge in [-0.05, 0) is 13.3 Å². The minimum atomic E-state index is -1.59. The summed E-state index contributed by atoms with van der Waals surface area (Å²) in [5.41, 5.74) is -3.50. The Balaban J connectivity index is 2.61. The summed E-state index contributed by atoms with van der Waals surface area (Å²) in [5, 5.41) is 11.1. The van der Waals surface area contributed by atoms with Gasteiger partial charge in [0.25, 0.3) is 0 Å². The molecule has 0 aromatic rings. The van der Waals surface area contributed by atoms with Crippen LogP contribution in [0, 0.1) is 11.3 Å². The van der Waals surface area contributed by atoms with Gasteiger partial charge in [0.2, 0.25) is 5.91 Å². The molecule has 6 nitrogen and oxygen atoms in total. The van der Waals surface area contributed by atoms with Crippen LogP contribution in [0.2, 0.25) is 0 Å². The lowest BCUT2D eigenvalue weighted by Crippen LogP contribution is -2.64. The molecule has 0 aromatic heterocycles. The molecule has 2 aliphatic heterocycles. The van der Waals surface area contributed by atoms with E-state index < -0.39 is 34.7 Å². The van der Waals surface area contributed by atoms with E-state index in [0.29, 0.717) is 0 Å². The Morgan fingerprint density at radius 1 is 1.59 bits per heavy atom. The Labute approximate surface area is 131 Å². The fourth-order valence-electron chi connectivity index (χ4n) is 3.60. The Bertz CT molecular complexity index is 507. The number of carbonyl (C=O) groups excluding carboxylic acids is 2. The van der Waals surface area contributed by atoms with Crippen LogP contribution in [-0.2, 0) is 19.1 Å². The Hall–Kier alpha value is -1.40. The first-order valence-electron chi connectivity index (χ1n) is 7.42. The second kappa shape index (κ2) is 5.06. The van der Waals surface area contributed by atoms with E-state index in [1.807, 2.05) is 20.8 Å². The van der Waals surface area contributed by atoms with E-state index in [2.05, 4.69) is 6.58 Å². The maximum Gasteiger partial charge on any atom is 0.337 e. The minimum absolute atomic E-state index is 0.0754. The molecule has 0 radical (unpaired) electrons. The summed E-state index contributed by atoms with van der Waals surface area (Å²) in [5.74, 6) is -1.69. The highest BCUT2D eigenvalue weighted by Gasteiger charge is 2.75. The maximum absolute atomic E-state index is 12.9. The van der Waals surface area contributed by atoms with E-state index in [1.54, 1.807) is 6.08 Å². The molecule has 22 heavy (non-hydrogen) atoms. The van der Waals surface area contributed by atoms with E-state index in [-0.39, 0.29) is 18.9 Å².